The largest absolute Gasteiger partial charge is 0.481 e. The van der Waals surface area contributed by atoms with E-state index in [4.69, 9.17) is 5.11 Å². The molecule has 2 aromatic rings. The maximum absolute atomic E-state index is 12.4. The number of rotatable bonds is 5. The number of nitrogens with zero attached hydrogens (tertiary/aromatic N) is 1. The predicted octanol–water partition coefficient (Wildman–Crippen LogP) is 3.48. The van der Waals surface area contributed by atoms with Crippen LogP contribution in [-0.4, -0.2) is 34.5 Å². The first-order valence-corrected chi connectivity index (χ1v) is 8.56. The predicted molar refractivity (Wildman–Crippen MR) is 93.8 cm³/mol. The molecule has 1 heterocycles. The summed E-state index contributed by atoms with van der Waals surface area (Å²) in [5.41, 5.74) is 1.24. The Morgan fingerprint density at radius 1 is 1.17 bits per heavy atom. The average Bonchev–Trinajstić information content (AvgIpc) is 2.96. The molecule has 126 valence electrons. The number of likely N-dealkylation sites (tertiary alicyclic amines) is 1. The first-order chi connectivity index (χ1) is 11.6. The van der Waals surface area contributed by atoms with E-state index in [2.05, 4.69) is 30.3 Å². The van der Waals surface area contributed by atoms with E-state index in [0.29, 0.717) is 19.4 Å². The summed E-state index contributed by atoms with van der Waals surface area (Å²) in [5.74, 6) is -1.14. The SMILES string of the molecule is CC1C(C(=O)O)CCN1C(=O)CCCc1ccc2ccccc2c1. The van der Waals surface area contributed by atoms with Crippen molar-refractivity contribution in [1.82, 2.24) is 4.90 Å². The normalized spacial score (nSPS) is 20.5. The van der Waals surface area contributed by atoms with Crippen LogP contribution in [0.25, 0.3) is 10.8 Å². The van der Waals surface area contributed by atoms with Crippen LogP contribution in [0.4, 0.5) is 0 Å². The van der Waals surface area contributed by atoms with Gasteiger partial charge in [0.25, 0.3) is 0 Å². The van der Waals surface area contributed by atoms with Gasteiger partial charge in [-0.1, -0.05) is 42.5 Å². The molecule has 1 fully saturated rings. The number of carboxylic acids is 1. The van der Waals surface area contributed by atoms with Crippen molar-refractivity contribution < 1.29 is 14.7 Å². The van der Waals surface area contributed by atoms with Crippen LogP contribution in [0.15, 0.2) is 42.5 Å². The van der Waals surface area contributed by atoms with Crippen molar-refractivity contribution in [2.75, 3.05) is 6.54 Å². The van der Waals surface area contributed by atoms with Crippen LogP contribution in [0.3, 0.4) is 0 Å². The van der Waals surface area contributed by atoms with Gasteiger partial charge in [0.1, 0.15) is 0 Å². The highest BCUT2D eigenvalue weighted by Crippen LogP contribution is 2.25. The molecule has 0 aliphatic carbocycles. The number of benzene rings is 2. The van der Waals surface area contributed by atoms with E-state index in [0.717, 1.165) is 12.8 Å². The molecule has 4 nitrogen and oxygen atoms in total. The zero-order valence-electron chi connectivity index (χ0n) is 13.9. The molecule has 1 N–H and O–H groups in total. The van der Waals surface area contributed by atoms with Gasteiger partial charge in [0.2, 0.25) is 5.91 Å². The second kappa shape index (κ2) is 7.04. The Labute approximate surface area is 142 Å². The number of fused-ring (bicyclic) bond motifs is 1. The third-order valence-corrected chi connectivity index (χ3v) is 5.06. The molecular formula is C20H23NO3. The molecule has 1 saturated heterocycles. The third kappa shape index (κ3) is 3.42. The molecule has 2 aromatic carbocycles. The quantitative estimate of drug-likeness (QED) is 0.915. The molecular weight excluding hydrogens is 302 g/mol. The van der Waals surface area contributed by atoms with Crippen LogP contribution in [-0.2, 0) is 16.0 Å². The van der Waals surface area contributed by atoms with E-state index in [-0.39, 0.29) is 11.9 Å². The van der Waals surface area contributed by atoms with Crippen molar-refractivity contribution in [3.8, 4) is 0 Å². The van der Waals surface area contributed by atoms with Crippen LogP contribution in [0.2, 0.25) is 0 Å². The van der Waals surface area contributed by atoms with Gasteiger partial charge in [-0.15, -0.1) is 0 Å². The Hall–Kier alpha value is -2.36. The van der Waals surface area contributed by atoms with Crippen molar-refractivity contribution in [3.63, 3.8) is 0 Å². The molecule has 0 radical (unpaired) electrons. The summed E-state index contributed by atoms with van der Waals surface area (Å²) in [4.78, 5) is 25.2. The summed E-state index contributed by atoms with van der Waals surface area (Å²) in [7, 11) is 0. The zero-order chi connectivity index (χ0) is 17.1. The number of carbonyl (C=O) groups is 2. The van der Waals surface area contributed by atoms with Gasteiger partial charge in [-0.3, -0.25) is 9.59 Å². The second-order valence-electron chi connectivity index (χ2n) is 6.60. The van der Waals surface area contributed by atoms with Crippen LogP contribution in [0, 0.1) is 5.92 Å². The molecule has 24 heavy (non-hydrogen) atoms. The summed E-state index contributed by atoms with van der Waals surface area (Å²) in [6.07, 6.45) is 2.69. The summed E-state index contributed by atoms with van der Waals surface area (Å²) in [6.45, 7) is 2.40. The number of carboxylic acid groups (broad SMARTS) is 1. The van der Waals surface area contributed by atoms with Gasteiger partial charge in [0.15, 0.2) is 0 Å². The number of aryl methyl sites for hydroxylation is 1. The van der Waals surface area contributed by atoms with Crippen molar-refractivity contribution >= 4 is 22.6 Å². The number of carbonyl (C=O) groups excluding carboxylic acids is 1. The monoisotopic (exact) mass is 325 g/mol. The second-order valence-corrected chi connectivity index (χ2v) is 6.60. The van der Waals surface area contributed by atoms with Crippen molar-refractivity contribution in [2.45, 2.75) is 38.6 Å². The lowest BCUT2D eigenvalue weighted by molar-refractivity contribution is -0.143. The first-order valence-electron chi connectivity index (χ1n) is 8.56. The standard InChI is InChI=1S/C20H23NO3/c1-14-18(20(23)24)11-12-21(14)19(22)8-4-5-15-9-10-16-6-2-3-7-17(16)13-15/h2-3,6-7,9-10,13-14,18H,4-5,8,11-12H2,1H3,(H,23,24). The maximum Gasteiger partial charge on any atom is 0.308 e. The minimum absolute atomic E-state index is 0.0760. The Morgan fingerprint density at radius 3 is 2.62 bits per heavy atom. The zero-order valence-corrected chi connectivity index (χ0v) is 13.9. The molecule has 0 aromatic heterocycles. The molecule has 2 unspecified atom stereocenters. The van der Waals surface area contributed by atoms with Gasteiger partial charge in [0, 0.05) is 19.0 Å². The van der Waals surface area contributed by atoms with Crippen LogP contribution < -0.4 is 0 Å². The Bertz CT molecular complexity index is 755. The highest BCUT2D eigenvalue weighted by molar-refractivity contribution is 5.83. The molecule has 0 saturated carbocycles. The van der Waals surface area contributed by atoms with E-state index < -0.39 is 11.9 Å². The number of hydrogen-bond donors (Lipinski definition) is 1. The lowest BCUT2D eigenvalue weighted by atomic mass is 10.0. The molecule has 0 spiro atoms. The van der Waals surface area contributed by atoms with Crippen LogP contribution in [0.1, 0.15) is 31.7 Å². The van der Waals surface area contributed by atoms with Gasteiger partial charge < -0.3 is 10.0 Å². The molecule has 3 rings (SSSR count). The summed E-state index contributed by atoms with van der Waals surface area (Å²) in [6, 6.07) is 14.5. The fraction of sp³-hybridized carbons (Fsp3) is 0.400. The first kappa shape index (κ1) is 16.5. The van der Waals surface area contributed by atoms with Crippen molar-refractivity contribution in [1.29, 1.82) is 0 Å². The van der Waals surface area contributed by atoms with E-state index in [1.165, 1.54) is 16.3 Å². The van der Waals surface area contributed by atoms with Crippen LogP contribution in [0.5, 0.6) is 0 Å². The summed E-state index contributed by atoms with van der Waals surface area (Å²) < 4.78 is 0. The van der Waals surface area contributed by atoms with E-state index in [1.807, 2.05) is 19.1 Å². The topological polar surface area (TPSA) is 57.6 Å². The average molecular weight is 325 g/mol. The Kier molecular flexibility index (Phi) is 4.84. The Morgan fingerprint density at radius 2 is 1.92 bits per heavy atom. The fourth-order valence-corrected chi connectivity index (χ4v) is 3.60. The maximum atomic E-state index is 12.4. The molecule has 4 heteroatoms. The van der Waals surface area contributed by atoms with Gasteiger partial charge in [-0.2, -0.15) is 0 Å². The van der Waals surface area contributed by atoms with E-state index >= 15 is 0 Å². The third-order valence-electron chi connectivity index (χ3n) is 5.06. The lowest BCUT2D eigenvalue weighted by Gasteiger charge is -2.23. The number of amides is 1. The lowest BCUT2D eigenvalue weighted by Crippen LogP contribution is -2.37. The van der Waals surface area contributed by atoms with Gasteiger partial charge >= 0.3 is 5.97 Å². The number of aliphatic carboxylic acids is 1. The smallest absolute Gasteiger partial charge is 0.308 e. The van der Waals surface area contributed by atoms with Crippen LogP contribution >= 0.6 is 0 Å². The fourth-order valence-electron chi connectivity index (χ4n) is 3.60. The van der Waals surface area contributed by atoms with E-state index in [9.17, 15) is 9.59 Å². The number of hydrogen-bond acceptors (Lipinski definition) is 2. The van der Waals surface area contributed by atoms with Gasteiger partial charge in [-0.05, 0) is 42.5 Å². The van der Waals surface area contributed by atoms with E-state index in [1.54, 1.807) is 4.90 Å². The van der Waals surface area contributed by atoms with Crippen molar-refractivity contribution in [3.05, 3.63) is 48.0 Å². The Balaban J connectivity index is 1.54. The highest BCUT2D eigenvalue weighted by Gasteiger charge is 2.37. The summed E-state index contributed by atoms with van der Waals surface area (Å²) >= 11 is 0. The van der Waals surface area contributed by atoms with Crippen molar-refractivity contribution in [2.24, 2.45) is 5.92 Å². The molecule has 2 atom stereocenters. The minimum Gasteiger partial charge on any atom is -0.481 e. The summed E-state index contributed by atoms with van der Waals surface area (Å²) in [5, 5.41) is 11.6. The van der Waals surface area contributed by atoms with Gasteiger partial charge in [-0.25, -0.2) is 0 Å². The van der Waals surface area contributed by atoms with Gasteiger partial charge in [0.05, 0.1) is 5.92 Å². The highest BCUT2D eigenvalue weighted by atomic mass is 16.4. The molecule has 1 aliphatic heterocycles. The molecule has 0 bridgehead atoms. The minimum atomic E-state index is -0.797. The molecule has 1 amide bonds. The molecule has 1 aliphatic rings.